The fraction of sp³-hybridized carbons (Fsp3) is 0.120. The first kappa shape index (κ1) is 23.7. The molecule has 6 nitrogen and oxygen atoms in total. The van der Waals surface area contributed by atoms with E-state index in [0.29, 0.717) is 10.7 Å². The van der Waals surface area contributed by atoms with Crippen molar-refractivity contribution in [3.8, 4) is 0 Å². The summed E-state index contributed by atoms with van der Waals surface area (Å²) in [6, 6.07) is 16.1. The average molecular weight is 499 g/mol. The minimum atomic E-state index is -4.22. The normalized spacial score (nSPS) is 11.5. The van der Waals surface area contributed by atoms with Gasteiger partial charge in [0.1, 0.15) is 17.3 Å². The molecule has 3 aromatic carbocycles. The number of halogens is 2. The fourth-order valence-corrected chi connectivity index (χ4v) is 5.08. The zero-order chi connectivity index (χ0) is 24.5. The number of nitrogens with one attached hydrogen (secondary N) is 1. The van der Waals surface area contributed by atoms with Gasteiger partial charge in [-0.05, 0) is 66.6 Å². The van der Waals surface area contributed by atoms with Gasteiger partial charge < -0.3 is 9.88 Å². The smallest absolute Gasteiger partial charge is 0.244 e. The van der Waals surface area contributed by atoms with Crippen LogP contribution in [0.4, 0.5) is 10.1 Å². The van der Waals surface area contributed by atoms with Gasteiger partial charge in [0, 0.05) is 22.3 Å². The number of amides is 1. The van der Waals surface area contributed by atoms with Crippen LogP contribution in [0.5, 0.6) is 0 Å². The van der Waals surface area contributed by atoms with Crippen molar-refractivity contribution in [2.24, 2.45) is 0 Å². The van der Waals surface area contributed by atoms with Crippen LogP contribution in [0.1, 0.15) is 12.5 Å². The summed E-state index contributed by atoms with van der Waals surface area (Å²) < 4.78 is 42.0. The van der Waals surface area contributed by atoms with Gasteiger partial charge in [0.25, 0.3) is 0 Å². The number of carbonyl (C=O) groups excluding carboxylic acids is 1. The summed E-state index contributed by atoms with van der Waals surface area (Å²) in [7, 11) is -4.22. The number of hydrogen-bond donors (Lipinski definition) is 1. The minimum Gasteiger partial charge on any atom is -0.336 e. The van der Waals surface area contributed by atoms with E-state index in [-0.39, 0.29) is 22.3 Å². The van der Waals surface area contributed by atoms with E-state index in [9.17, 15) is 22.4 Å². The standard InChI is InChI=1S/C25H20ClFN2O4S/c1-2-16-3-10-20(11-4-16)34(32,33)23-14-29(22-12-7-18(27)13-21(22)25(23)31)15-24(30)28-19-8-5-17(26)6-9-19/h3-14H,2,15H2,1H3,(H,28,30). The van der Waals surface area contributed by atoms with Gasteiger partial charge in [0.2, 0.25) is 21.2 Å². The van der Waals surface area contributed by atoms with Crippen LogP contribution < -0.4 is 10.7 Å². The molecule has 0 bridgehead atoms. The van der Waals surface area contributed by atoms with Crippen LogP contribution in [0.15, 0.2) is 87.5 Å². The highest BCUT2D eigenvalue weighted by Gasteiger charge is 2.24. The molecule has 0 radical (unpaired) electrons. The molecule has 34 heavy (non-hydrogen) atoms. The Morgan fingerprint density at radius 1 is 1.03 bits per heavy atom. The van der Waals surface area contributed by atoms with Gasteiger partial charge in [0.05, 0.1) is 10.4 Å². The topological polar surface area (TPSA) is 85.2 Å². The number of carbonyl (C=O) groups is 1. The van der Waals surface area contributed by atoms with Crippen molar-refractivity contribution in [2.75, 3.05) is 5.32 Å². The summed E-state index contributed by atoms with van der Waals surface area (Å²) >= 11 is 5.86. The number of pyridine rings is 1. The summed E-state index contributed by atoms with van der Waals surface area (Å²) in [5.74, 6) is -1.16. The molecule has 1 amide bonds. The van der Waals surface area contributed by atoms with Crippen molar-refractivity contribution in [1.29, 1.82) is 0 Å². The van der Waals surface area contributed by atoms with Crippen molar-refractivity contribution in [1.82, 2.24) is 4.57 Å². The van der Waals surface area contributed by atoms with Gasteiger partial charge in [-0.25, -0.2) is 12.8 Å². The molecule has 0 atom stereocenters. The lowest BCUT2D eigenvalue weighted by atomic mass is 10.2. The molecule has 4 rings (SSSR count). The third-order valence-electron chi connectivity index (χ3n) is 5.38. The molecule has 4 aromatic rings. The predicted octanol–water partition coefficient (Wildman–Crippen LogP) is 4.83. The van der Waals surface area contributed by atoms with E-state index >= 15 is 0 Å². The highest BCUT2D eigenvalue weighted by atomic mass is 35.5. The van der Waals surface area contributed by atoms with Crippen molar-refractivity contribution in [3.05, 3.63) is 99.6 Å². The Morgan fingerprint density at radius 3 is 2.35 bits per heavy atom. The molecule has 0 aliphatic rings. The molecule has 0 saturated carbocycles. The molecule has 174 valence electrons. The Hall–Kier alpha value is -3.49. The van der Waals surface area contributed by atoms with Gasteiger partial charge in [-0.2, -0.15) is 0 Å². The lowest BCUT2D eigenvalue weighted by Gasteiger charge is -2.14. The molecule has 1 N–H and O–H groups in total. The maximum atomic E-state index is 14.0. The number of rotatable bonds is 6. The van der Waals surface area contributed by atoms with Crippen molar-refractivity contribution >= 4 is 43.9 Å². The highest BCUT2D eigenvalue weighted by Crippen LogP contribution is 2.23. The van der Waals surface area contributed by atoms with Crippen LogP contribution in [0.3, 0.4) is 0 Å². The first-order chi connectivity index (χ1) is 16.2. The Kier molecular flexibility index (Phi) is 6.54. The van der Waals surface area contributed by atoms with Gasteiger partial charge in [0.15, 0.2) is 0 Å². The quantitative estimate of drug-likeness (QED) is 0.412. The molecule has 0 unspecified atom stereocenters. The largest absolute Gasteiger partial charge is 0.336 e. The Morgan fingerprint density at radius 2 is 1.71 bits per heavy atom. The molecule has 0 fully saturated rings. The summed E-state index contributed by atoms with van der Waals surface area (Å²) in [6.07, 6.45) is 1.86. The number of benzene rings is 3. The summed E-state index contributed by atoms with van der Waals surface area (Å²) in [6.45, 7) is 1.64. The monoisotopic (exact) mass is 498 g/mol. The predicted molar refractivity (Wildman–Crippen MR) is 130 cm³/mol. The molecular weight excluding hydrogens is 479 g/mol. The Labute approximate surface area is 200 Å². The van der Waals surface area contributed by atoms with E-state index in [2.05, 4.69) is 5.32 Å². The maximum Gasteiger partial charge on any atom is 0.244 e. The molecule has 0 saturated heterocycles. The number of nitrogens with zero attached hydrogens (tertiary/aromatic N) is 1. The molecule has 9 heteroatoms. The van der Waals surface area contributed by atoms with Crippen LogP contribution in [0, 0.1) is 5.82 Å². The number of sulfone groups is 1. The van der Waals surface area contributed by atoms with E-state index in [1.165, 1.54) is 22.8 Å². The van der Waals surface area contributed by atoms with Crippen molar-refractivity contribution in [2.45, 2.75) is 29.7 Å². The zero-order valence-corrected chi connectivity index (χ0v) is 19.7. The third-order valence-corrected chi connectivity index (χ3v) is 7.40. The van der Waals surface area contributed by atoms with Gasteiger partial charge >= 0.3 is 0 Å². The van der Waals surface area contributed by atoms with E-state index in [1.54, 1.807) is 36.4 Å². The molecule has 0 spiro atoms. The van der Waals surface area contributed by atoms with E-state index in [1.807, 2.05) is 6.92 Å². The van der Waals surface area contributed by atoms with Crippen molar-refractivity contribution < 1.29 is 17.6 Å². The van der Waals surface area contributed by atoms with Gasteiger partial charge in [-0.1, -0.05) is 30.7 Å². The van der Waals surface area contributed by atoms with Crippen molar-refractivity contribution in [3.63, 3.8) is 0 Å². The van der Waals surface area contributed by atoms with E-state index in [4.69, 9.17) is 11.6 Å². The second kappa shape index (κ2) is 9.40. The van der Waals surface area contributed by atoms with Gasteiger partial charge in [-0.15, -0.1) is 0 Å². The highest BCUT2D eigenvalue weighted by molar-refractivity contribution is 7.91. The summed E-state index contributed by atoms with van der Waals surface area (Å²) in [5, 5.41) is 3.06. The second-order valence-electron chi connectivity index (χ2n) is 7.67. The number of fused-ring (bicyclic) bond motifs is 1. The number of hydrogen-bond acceptors (Lipinski definition) is 4. The van der Waals surface area contributed by atoms with Crippen LogP contribution >= 0.6 is 11.6 Å². The lowest BCUT2D eigenvalue weighted by Crippen LogP contribution is -2.24. The zero-order valence-electron chi connectivity index (χ0n) is 18.1. The number of aromatic nitrogens is 1. The van der Waals surface area contributed by atoms with Crippen LogP contribution in [0.25, 0.3) is 10.9 Å². The first-order valence-corrected chi connectivity index (χ1v) is 12.3. The SMILES string of the molecule is CCc1ccc(S(=O)(=O)c2cn(CC(=O)Nc3ccc(Cl)cc3)c3ccc(F)cc3c2=O)cc1. The number of aryl methyl sites for hydroxylation is 1. The Balaban J connectivity index is 1.80. The first-order valence-electron chi connectivity index (χ1n) is 10.4. The lowest BCUT2D eigenvalue weighted by molar-refractivity contribution is -0.116. The van der Waals surface area contributed by atoms with Gasteiger partial charge in [-0.3, -0.25) is 9.59 Å². The number of anilines is 1. The molecular formula is C25H20ClFN2O4S. The van der Waals surface area contributed by atoms with E-state index in [0.717, 1.165) is 30.3 Å². The summed E-state index contributed by atoms with van der Waals surface area (Å²) in [4.78, 5) is 25.2. The maximum absolute atomic E-state index is 14.0. The fourth-order valence-electron chi connectivity index (χ4n) is 3.58. The summed E-state index contributed by atoms with van der Waals surface area (Å²) in [5.41, 5.74) is 0.840. The minimum absolute atomic E-state index is 0.0604. The molecule has 0 aliphatic carbocycles. The molecule has 0 aliphatic heterocycles. The average Bonchev–Trinajstić information content (AvgIpc) is 2.82. The third kappa shape index (κ3) is 4.73. The second-order valence-corrected chi connectivity index (χ2v) is 10.0. The molecule has 1 heterocycles. The Bertz CT molecular complexity index is 1550. The van der Waals surface area contributed by atoms with E-state index < -0.39 is 31.9 Å². The molecule has 1 aromatic heterocycles. The van der Waals surface area contributed by atoms with Crippen LogP contribution in [0.2, 0.25) is 5.02 Å². The van der Waals surface area contributed by atoms with Crippen LogP contribution in [-0.2, 0) is 27.6 Å². The van der Waals surface area contributed by atoms with Crippen LogP contribution in [-0.4, -0.2) is 18.9 Å².